The molecule has 19 rings (SSSR count). The third-order valence-corrected chi connectivity index (χ3v) is 16.5. The number of hydrogen-bond donors (Lipinski definition) is 12. The highest BCUT2D eigenvalue weighted by molar-refractivity contribution is 5.83. The van der Waals surface area contributed by atoms with Crippen LogP contribution in [0.4, 0.5) is 0 Å². The fourth-order valence-corrected chi connectivity index (χ4v) is 11.6. The van der Waals surface area contributed by atoms with Crippen molar-refractivity contribution >= 4 is 0 Å². The molecule has 426 valence electrons. The summed E-state index contributed by atoms with van der Waals surface area (Å²) >= 11 is 0. The molecule has 12 heteroatoms. The standard InChI is InChI=1S/C75H54O12/c76-64-34-70(82)58-28-52(64)25-53-30-60(72(84)36-65(53)77)48-17-5-42(6-18-48)43-9-21-50(22-10-43)62-32-56(68(80)38-74(62)86)27-57-33-63(75(87)39-69(57)81)51-23-11-45(12-24-51)44-7-19-49(20-8-44)61-31-55(67(79)37-73(61)85)26-54-29-59(71(83)35-66(54)78)47-15-3-41(4-16-47)40-1-13-46(58)14-2-40/h1-24,28-39,76-87H,25-27H2. The Hall–Kier alpha value is -11.8. The van der Waals surface area contributed by atoms with Gasteiger partial charge < -0.3 is 61.3 Å². The zero-order valence-corrected chi connectivity index (χ0v) is 46.3. The van der Waals surface area contributed by atoms with E-state index in [0.717, 1.165) is 33.4 Å². The summed E-state index contributed by atoms with van der Waals surface area (Å²) in [5.41, 5.74) is 14.2. The Morgan fingerprint density at radius 3 is 0.379 bits per heavy atom. The van der Waals surface area contributed by atoms with Gasteiger partial charge in [0.1, 0.15) is 69.0 Å². The summed E-state index contributed by atoms with van der Waals surface area (Å²) in [7, 11) is 0. The number of aromatic hydroxyl groups is 12. The summed E-state index contributed by atoms with van der Waals surface area (Å²) in [6, 6.07) is 62.5. The Morgan fingerprint density at radius 1 is 0.138 bits per heavy atom. The highest BCUT2D eigenvalue weighted by atomic mass is 16.3. The van der Waals surface area contributed by atoms with E-state index in [9.17, 15) is 61.3 Å². The van der Waals surface area contributed by atoms with Gasteiger partial charge in [-0.2, -0.15) is 0 Å². The third kappa shape index (κ3) is 10.5. The third-order valence-electron chi connectivity index (χ3n) is 16.5. The summed E-state index contributed by atoms with van der Waals surface area (Å²) in [6.45, 7) is 0. The lowest BCUT2D eigenvalue weighted by atomic mass is 9.92. The van der Waals surface area contributed by atoms with Gasteiger partial charge in [-0.3, -0.25) is 0 Å². The maximum atomic E-state index is 11.1. The van der Waals surface area contributed by atoms with E-state index in [1.54, 1.807) is 36.4 Å². The molecule has 12 N–H and O–H groups in total. The average molecular weight is 1150 g/mol. The molecule has 0 fully saturated rings. The Morgan fingerprint density at radius 2 is 0.253 bits per heavy atom. The van der Waals surface area contributed by atoms with Crippen LogP contribution in [0.5, 0.6) is 69.0 Å². The van der Waals surface area contributed by atoms with Gasteiger partial charge in [0, 0.05) is 89.0 Å². The molecule has 87 heavy (non-hydrogen) atoms. The number of phenolic OH excluding ortho intramolecular Hbond substituents is 12. The molecule has 0 atom stereocenters. The van der Waals surface area contributed by atoms with Crippen molar-refractivity contribution in [3.63, 3.8) is 0 Å². The van der Waals surface area contributed by atoms with E-state index in [1.807, 2.05) is 146 Å². The lowest BCUT2D eigenvalue weighted by Gasteiger charge is -2.15. The first-order valence-electron chi connectivity index (χ1n) is 27.9. The first-order chi connectivity index (χ1) is 42.0. The quantitative estimate of drug-likeness (QED) is 0.0679. The van der Waals surface area contributed by atoms with Gasteiger partial charge >= 0.3 is 0 Å². The Kier molecular flexibility index (Phi) is 13.6. The van der Waals surface area contributed by atoms with Gasteiger partial charge in [0.2, 0.25) is 0 Å². The van der Waals surface area contributed by atoms with Crippen molar-refractivity contribution in [2.24, 2.45) is 0 Å². The van der Waals surface area contributed by atoms with Gasteiger partial charge in [-0.25, -0.2) is 0 Å². The van der Waals surface area contributed by atoms with Crippen molar-refractivity contribution < 1.29 is 61.3 Å². The number of rotatable bonds is 0. The average Bonchev–Trinajstić information content (AvgIpc) is 1.50. The Balaban J connectivity index is 0.861. The zero-order chi connectivity index (χ0) is 60.4. The smallest absolute Gasteiger partial charge is 0.127 e. The maximum Gasteiger partial charge on any atom is 0.127 e. The minimum atomic E-state index is -0.186. The minimum Gasteiger partial charge on any atom is -0.508 e. The van der Waals surface area contributed by atoms with Gasteiger partial charge in [0.05, 0.1) is 0 Å². The van der Waals surface area contributed by atoms with E-state index in [4.69, 9.17) is 0 Å². The molecule has 12 aromatic carbocycles. The number of benzene rings is 12. The molecule has 0 aromatic heterocycles. The number of phenols is 12. The Labute approximate surface area is 499 Å². The topological polar surface area (TPSA) is 243 Å². The van der Waals surface area contributed by atoms with Crippen molar-refractivity contribution in [2.75, 3.05) is 0 Å². The molecule has 24 bridgehead atoms. The maximum absolute atomic E-state index is 11.1. The molecule has 0 heterocycles. The van der Waals surface area contributed by atoms with Gasteiger partial charge in [-0.05, 0) is 137 Å². The SMILES string of the molecule is Oc1cc(O)c2cc1Cc1cc(c(O)cc1O)-c1ccc(cc1)-c1ccc(cc1)-c1cc(c(O)cc1O)Cc1cc(c(O)cc1O)-c1ccc(cc1)-c1ccc(cc1)-c1cc(c(O)cc1O)Cc1cc(c(O)cc1O)-c1ccc(cc1)-c1ccc-2cc1. The minimum absolute atomic E-state index is 0.0491. The summed E-state index contributed by atoms with van der Waals surface area (Å²) in [5.74, 6) is -2.04. The largest absolute Gasteiger partial charge is 0.508 e. The van der Waals surface area contributed by atoms with Crippen molar-refractivity contribution in [3.05, 3.63) is 252 Å². The van der Waals surface area contributed by atoms with Crippen LogP contribution in [0.25, 0.3) is 100 Å². The molecule has 0 saturated carbocycles. The van der Waals surface area contributed by atoms with Crippen molar-refractivity contribution in [3.8, 4) is 169 Å². The molecule has 0 aliphatic heterocycles. The van der Waals surface area contributed by atoms with Crippen molar-refractivity contribution in [1.29, 1.82) is 0 Å². The highest BCUT2D eigenvalue weighted by Gasteiger charge is 2.21. The summed E-state index contributed by atoms with van der Waals surface area (Å²) in [4.78, 5) is 0. The van der Waals surface area contributed by atoms with E-state index in [-0.39, 0.29) is 88.3 Å². The fraction of sp³-hybridized carbons (Fsp3) is 0.0400. The fourth-order valence-electron chi connectivity index (χ4n) is 11.6. The van der Waals surface area contributed by atoms with Gasteiger partial charge in [-0.1, -0.05) is 146 Å². The second-order valence-electron chi connectivity index (χ2n) is 22.0. The molecule has 0 radical (unpaired) electrons. The molecular formula is C75H54O12. The van der Waals surface area contributed by atoms with Crippen LogP contribution < -0.4 is 0 Å². The van der Waals surface area contributed by atoms with Crippen LogP contribution in [-0.4, -0.2) is 61.3 Å². The van der Waals surface area contributed by atoms with Gasteiger partial charge in [0.25, 0.3) is 0 Å². The monoisotopic (exact) mass is 1150 g/mol. The van der Waals surface area contributed by atoms with E-state index in [2.05, 4.69) is 0 Å². The molecular weight excluding hydrogens is 1090 g/mol. The molecule has 0 amide bonds. The molecule has 0 spiro atoms. The molecule has 0 unspecified atom stereocenters. The van der Waals surface area contributed by atoms with Crippen LogP contribution in [0.3, 0.4) is 0 Å². The van der Waals surface area contributed by atoms with Crippen LogP contribution in [-0.2, 0) is 19.3 Å². The van der Waals surface area contributed by atoms with Gasteiger partial charge in [-0.15, -0.1) is 0 Å². The zero-order valence-electron chi connectivity index (χ0n) is 46.3. The molecule has 7 aliphatic rings. The van der Waals surface area contributed by atoms with Crippen LogP contribution in [0.15, 0.2) is 218 Å². The van der Waals surface area contributed by atoms with E-state index in [1.165, 1.54) is 36.4 Å². The predicted octanol–water partition coefficient (Wildman–Crippen LogP) is 16.2. The lowest BCUT2D eigenvalue weighted by molar-refractivity contribution is 0.442. The first kappa shape index (κ1) is 54.5. The van der Waals surface area contributed by atoms with Gasteiger partial charge in [0.15, 0.2) is 0 Å². The normalized spacial score (nSPS) is 11.9. The Bertz CT molecular complexity index is 3900. The van der Waals surface area contributed by atoms with Crippen molar-refractivity contribution in [1.82, 2.24) is 0 Å². The molecule has 7 aliphatic carbocycles. The number of hydrogen-bond acceptors (Lipinski definition) is 12. The number of fused-ring (bicyclic) bond motifs is 6. The van der Waals surface area contributed by atoms with E-state index in [0.29, 0.717) is 100 Å². The molecule has 12 nitrogen and oxygen atoms in total. The van der Waals surface area contributed by atoms with Crippen molar-refractivity contribution in [2.45, 2.75) is 19.3 Å². The van der Waals surface area contributed by atoms with Crippen LogP contribution >= 0.6 is 0 Å². The summed E-state index contributed by atoms with van der Waals surface area (Å²) in [6.07, 6.45) is 0.147. The first-order valence-corrected chi connectivity index (χ1v) is 27.9. The van der Waals surface area contributed by atoms with Crippen LogP contribution in [0.1, 0.15) is 33.4 Å². The summed E-state index contributed by atoms with van der Waals surface area (Å²) < 4.78 is 0. The second-order valence-corrected chi connectivity index (χ2v) is 22.0. The van der Waals surface area contributed by atoms with E-state index >= 15 is 0 Å². The van der Waals surface area contributed by atoms with Crippen LogP contribution in [0.2, 0.25) is 0 Å². The predicted molar refractivity (Wildman–Crippen MR) is 337 cm³/mol. The molecule has 12 aromatic rings. The lowest BCUT2D eigenvalue weighted by Crippen LogP contribution is -1.94. The summed E-state index contributed by atoms with van der Waals surface area (Å²) in [5, 5.41) is 134. The second kappa shape index (κ2) is 21.8. The van der Waals surface area contributed by atoms with E-state index < -0.39 is 0 Å². The highest BCUT2D eigenvalue weighted by Crippen LogP contribution is 2.46. The van der Waals surface area contributed by atoms with Crippen LogP contribution in [0, 0.1) is 0 Å². The molecule has 0 saturated heterocycles.